The molecule has 0 fully saturated rings. The van der Waals surface area contributed by atoms with Crippen molar-refractivity contribution in [2.75, 3.05) is 6.61 Å². The number of halogens is 1. The number of hydrogen-bond donors (Lipinski definition) is 0. The molecular formula is C12H15FO2. The lowest BCUT2D eigenvalue weighted by Crippen LogP contribution is -2.18. The summed E-state index contributed by atoms with van der Waals surface area (Å²) in [4.78, 5) is 11.5. The van der Waals surface area contributed by atoms with Crippen LogP contribution in [0.3, 0.4) is 0 Å². The van der Waals surface area contributed by atoms with Gasteiger partial charge in [-0.2, -0.15) is 0 Å². The van der Waals surface area contributed by atoms with E-state index >= 15 is 0 Å². The molecule has 0 spiro atoms. The fourth-order valence-corrected chi connectivity index (χ4v) is 0.951. The lowest BCUT2D eigenvalue weighted by molar-refractivity contribution is 0.0367. The highest BCUT2D eigenvalue weighted by Crippen LogP contribution is 2.14. The maximum Gasteiger partial charge on any atom is 0.338 e. The van der Waals surface area contributed by atoms with Crippen molar-refractivity contribution in [2.45, 2.75) is 20.8 Å². The van der Waals surface area contributed by atoms with Gasteiger partial charge in [0.2, 0.25) is 0 Å². The van der Waals surface area contributed by atoms with E-state index in [-0.39, 0.29) is 11.2 Å². The SMILES string of the molecule is CC(C)(C)COC(=O)c1ccc(F)cc1. The summed E-state index contributed by atoms with van der Waals surface area (Å²) in [6.07, 6.45) is 0. The molecule has 0 aliphatic heterocycles. The maximum absolute atomic E-state index is 12.6. The van der Waals surface area contributed by atoms with Gasteiger partial charge in [0.25, 0.3) is 0 Å². The van der Waals surface area contributed by atoms with Gasteiger partial charge in [0, 0.05) is 0 Å². The van der Waals surface area contributed by atoms with Crippen LogP contribution in [0.15, 0.2) is 24.3 Å². The Morgan fingerprint density at radius 1 is 1.27 bits per heavy atom. The number of benzene rings is 1. The van der Waals surface area contributed by atoms with Crippen molar-refractivity contribution in [1.82, 2.24) is 0 Å². The number of carbonyl (C=O) groups is 1. The molecule has 0 unspecified atom stereocenters. The number of ether oxygens (including phenoxy) is 1. The molecule has 15 heavy (non-hydrogen) atoms. The minimum atomic E-state index is -0.412. The summed E-state index contributed by atoms with van der Waals surface area (Å²) in [5.74, 6) is -0.771. The standard InChI is InChI=1S/C12H15FO2/c1-12(2,3)8-15-11(14)9-4-6-10(13)7-5-9/h4-7H,8H2,1-3H3. The molecule has 1 rings (SSSR count). The zero-order chi connectivity index (χ0) is 11.5. The number of rotatable bonds is 2. The van der Waals surface area contributed by atoms with Crippen molar-refractivity contribution in [2.24, 2.45) is 5.41 Å². The van der Waals surface area contributed by atoms with Gasteiger partial charge in [-0.05, 0) is 29.7 Å². The minimum absolute atomic E-state index is 0.0598. The summed E-state index contributed by atoms with van der Waals surface area (Å²) in [6.45, 7) is 6.28. The zero-order valence-corrected chi connectivity index (χ0v) is 9.21. The highest BCUT2D eigenvalue weighted by molar-refractivity contribution is 5.89. The molecule has 0 atom stereocenters. The van der Waals surface area contributed by atoms with Crippen LogP contribution >= 0.6 is 0 Å². The van der Waals surface area contributed by atoms with Crippen molar-refractivity contribution < 1.29 is 13.9 Å². The highest BCUT2D eigenvalue weighted by atomic mass is 19.1. The van der Waals surface area contributed by atoms with Crippen molar-refractivity contribution in [3.8, 4) is 0 Å². The van der Waals surface area contributed by atoms with Gasteiger partial charge in [-0.25, -0.2) is 9.18 Å². The Hall–Kier alpha value is -1.38. The quantitative estimate of drug-likeness (QED) is 0.701. The Labute approximate surface area is 89.1 Å². The molecule has 3 heteroatoms. The molecule has 0 saturated carbocycles. The van der Waals surface area contributed by atoms with Gasteiger partial charge in [-0.3, -0.25) is 0 Å². The highest BCUT2D eigenvalue weighted by Gasteiger charge is 2.14. The second-order valence-electron chi connectivity index (χ2n) is 4.64. The van der Waals surface area contributed by atoms with Gasteiger partial charge in [0.05, 0.1) is 12.2 Å². The van der Waals surface area contributed by atoms with Crippen LogP contribution in [0.25, 0.3) is 0 Å². The van der Waals surface area contributed by atoms with Crippen LogP contribution in [0, 0.1) is 11.2 Å². The first-order chi connectivity index (χ1) is 6.88. The van der Waals surface area contributed by atoms with Gasteiger partial charge in [0.15, 0.2) is 0 Å². The van der Waals surface area contributed by atoms with Gasteiger partial charge < -0.3 is 4.74 Å². The summed E-state index contributed by atoms with van der Waals surface area (Å²) in [5.41, 5.74) is 0.316. The van der Waals surface area contributed by atoms with E-state index in [1.807, 2.05) is 20.8 Å². The van der Waals surface area contributed by atoms with E-state index < -0.39 is 5.97 Å². The molecule has 2 nitrogen and oxygen atoms in total. The Morgan fingerprint density at radius 3 is 2.27 bits per heavy atom. The first-order valence-electron chi connectivity index (χ1n) is 4.81. The summed E-state index contributed by atoms with van der Waals surface area (Å²) in [7, 11) is 0. The van der Waals surface area contributed by atoms with Crippen molar-refractivity contribution in [3.63, 3.8) is 0 Å². The fourth-order valence-electron chi connectivity index (χ4n) is 0.951. The van der Waals surface area contributed by atoms with E-state index in [9.17, 15) is 9.18 Å². The van der Waals surface area contributed by atoms with E-state index in [2.05, 4.69) is 0 Å². The minimum Gasteiger partial charge on any atom is -0.462 e. The molecule has 0 bridgehead atoms. The maximum atomic E-state index is 12.6. The first kappa shape index (κ1) is 11.7. The molecular weight excluding hydrogens is 195 g/mol. The van der Waals surface area contributed by atoms with Crippen molar-refractivity contribution in [3.05, 3.63) is 35.6 Å². The average molecular weight is 210 g/mol. The Bertz CT molecular complexity index is 336. The van der Waals surface area contributed by atoms with Crippen LogP contribution in [0.2, 0.25) is 0 Å². The van der Waals surface area contributed by atoms with Crippen LogP contribution in [0.4, 0.5) is 4.39 Å². The Kier molecular flexibility index (Phi) is 3.45. The third kappa shape index (κ3) is 4.11. The Balaban J connectivity index is 2.58. The van der Waals surface area contributed by atoms with E-state index in [4.69, 9.17) is 4.74 Å². The number of hydrogen-bond acceptors (Lipinski definition) is 2. The summed E-state index contributed by atoms with van der Waals surface area (Å²) in [5, 5.41) is 0. The molecule has 0 aliphatic carbocycles. The fraction of sp³-hybridized carbons (Fsp3) is 0.417. The van der Waals surface area contributed by atoms with Crippen molar-refractivity contribution >= 4 is 5.97 Å². The van der Waals surface area contributed by atoms with E-state index in [1.54, 1.807) is 0 Å². The molecule has 0 amide bonds. The largest absolute Gasteiger partial charge is 0.462 e. The third-order valence-electron chi connectivity index (χ3n) is 1.72. The zero-order valence-electron chi connectivity index (χ0n) is 9.21. The van der Waals surface area contributed by atoms with Crippen LogP contribution < -0.4 is 0 Å². The predicted octanol–water partition coefficient (Wildman–Crippen LogP) is 3.03. The number of carbonyl (C=O) groups excluding carboxylic acids is 1. The normalized spacial score (nSPS) is 11.2. The molecule has 0 radical (unpaired) electrons. The van der Waals surface area contributed by atoms with Crippen LogP contribution in [-0.4, -0.2) is 12.6 Å². The average Bonchev–Trinajstić information content (AvgIpc) is 2.14. The van der Waals surface area contributed by atoms with Gasteiger partial charge >= 0.3 is 5.97 Å². The van der Waals surface area contributed by atoms with E-state index in [1.165, 1.54) is 24.3 Å². The molecule has 0 N–H and O–H groups in total. The lowest BCUT2D eigenvalue weighted by Gasteiger charge is -2.17. The topological polar surface area (TPSA) is 26.3 Å². The molecule has 1 aromatic carbocycles. The Morgan fingerprint density at radius 2 is 1.80 bits per heavy atom. The smallest absolute Gasteiger partial charge is 0.338 e. The summed E-state index contributed by atoms with van der Waals surface area (Å²) >= 11 is 0. The van der Waals surface area contributed by atoms with Gasteiger partial charge in [0.1, 0.15) is 5.82 Å². The molecule has 82 valence electrons. The monoisotopic (exact) mass is 210 g/mol. The molecule has 0 aliphatic rings. The van der Waals surface area contributed by atoms with Crippen molar-refractivity contribution in [1.29, 1.82) is 0 Å². The molecule has 0 saturated heterocycles. The van der Waals surface area contributed by atoms with Crippen LogP contribution in [-0.2, 0) is 4.74 Å². The third-order valence-corrected chi connectivity index (χ3v) is 1.72. The predicted molar refractivity (Wildman–Crippen MR) is 56.1 cm³/mol. The molecule has 0 aromatic heterocycles. The summed E-state index contributed by atoms with van der Waals surface area (Å²) in [6, 6.07) is 5.32. The molecule has 0 heterocycles. The second kappa shape index (κ2) is 4.43. The van der Waals surface area contributed by atoms with Gasteiger partial charge in [-0.1, -0.05) is 20.8 Å². The van der Waals surface area contributed by atoms with E-state index in [0.717, 1.165) is 0 Å². The van der Waals surface area contributed by atoms with Gasteiger partial charge in [-0.15, -0.1) is 0 Å². The number of esters is 1. The summed E-state index contributed by atoms with van der Waals surface area (Å²) < 4.78 is 17.6. The van der Waals surface area contributed by atoms with E-state index in [0.29, 0.717) is 12.2 Å². The van der Waals surface area contributed by atoms with Crippen LogP contribution in [0.5, 0.6) is 0 Å². The lowest BCUT2D eigenvalue weighted by atomic mass is 9.99. The molecule has 1 aromatic rings. The second-order valence-corrected chi connectivity index (χ2v) is 4.64. The van der Waals surface area contributed by atoms with Crippen LogP contribution in [0.1, 0.15) is 31.1 Å². The first-order valence-corrected chi connectivity index (χ1v) is 4.81.